The van der Waals surface area contributed by atoms with Crippen molar-refractivity contribution in [3.05, 3.63) is 68.8 Å². The molecule has 1 aliphatic carbocycles. The molecule has 0 atom stereocenters. The molecule has 1 aliphatic rings. The van der Waals surface area contributed by atoms with Crippen LogP contribution in [0.15, 0.2) is 45.3 Å². The van der Waals surface area contributed by atoms with E-state index < -0.39 is 17.8 Å². The molecule has 2 heterocycles. The van der Waals surface area contributed by atoms with E-state index in [1.54, 1.807) is 24.3 Å². The van der Waals surface area contributed by atoms with Crippen molar-refractivity contribution in [3.8, 4) is 5.75 Å². The molecule has 1 fully saturated rings. The Morgan fingerprint density at radius 3 is 2.76 bits per heavy atom. The van der Waals surface area contributed by atoms with Crippen LogP contribution in [0, 0.1) is 0 Å². The van der Waals surface area contributed by atoms with Gasteiger partial charge in [0, 0.05) is 29.2 Å². The Morgan fingerprint density at radius 1 is 1.27 bits per heavy atom. The Hall–Kier alpha value is -2.46. The van der Waals surface area contributed by atoms with Crippen LogP contribution >= 0.6 is 27.5 Å². The van der Waals surface area contributed by atoms with Gasteiger partial charge in [-0.2, -0.15) is 18.3 Å². The monoisotopic (exact) mass is 545 g/mol. The van der Waals surface area contributed by atoms with E-state index in [-0.39, 0.29) is 31.4 Å². The van der Waals surface area contributed by atoms with Gasteiger partial charge >= 0.3 is 6.18 Å². The van der Waals surface area contributed by atoms with E-state index in [0.717, 1.165) is 23.4 Å². The van der Waals surface area contributed by atoms with Crippen LogP contribution in [0.4, 0.5) is 13.2 Å². The van der Waals surface area contributed by atoms with Crippen LogP contribution in [0.2, 0.25) is 5.02 Å². The second-order valence-electron chi connectivity index (χ2n) is 7.69. The number of ether oxygens (including phenoxy) is 1. The van der Waals surface area contributed by atoms with Crippen molar-refractivity contribution in [1.29, 1.82) is 0 Å². The molecule has 1 amide bonds. The van der Waals surface area contributed by atoms with Crippen molar-refractivity contribution >= 4 is 33.4 Å². The van der Waals surface area contributed by atoms with Crippen LogP contribution in [-0.2, 0) is 19.3 Å². The fourth-order valence-electron chi connectivity index (χ4n) is 3.29. The Labute approximate surface area is 201 Å². The molecule has 0 aliphatic heterocycles. The molecule has 11 heteroatoms. The number of rotatable bonds is 9. The van der Waals surface area contributed by atoms with Gasteiger partial charge in [-0.25, -0.2) is 0 Å². The van der Waals surface area contributed by atoms with Gasteiger partial charge in [0.1, 0.15) is 18.1 Å². The van der Waals surface area contributed by atoms with Gasteiger partial charge in [-0.3, -0.25) is 9.48 Å². The Kier molecular flexibility index (Phi) is 7.04. The highest BCUT2D eigenvalue weighted by molar-refractivity contribution is 9.10. The molecule has 1 aromatic carbocycles. The smallest absolute Gasteiger partial charge is 0.435 e. The Bertz CT molecular complexity index is 1140. The average molecular weight is 547 g/mol. The van der Waals surface area contributed by atoms with Gasteiger partial charge in [0.05, 0.1) is 5.02 Å². The highest BCUT2D eigenvalue weighted by Crippen LogP contribution is 2.42. The van der Waals surface area contributed by atoms with E-state index in [9.17, 15) is 18.0 Å². The SMILES string of the molecule is O=C(NCCCn1nc(C(F)(F)F)cc1C1CC1)c1ccc(COc2ccc(Br)cc2Cl)o1. The number of nitrogens with zero attached hydrogens (tertiary/aromatic N) is 2. The second-order valence-corrected chi connectivity index (χ2v) is 9.01. The average Bonchev–Trinajstić information content (AvgIpc) is 3.31. The summed E-state index contributed by atoms with van der Waals surface area (Å²) < 4.78 is 52.3. The number of aryl methyl sites for hydroxylation is 1. The van der Waals surface area contributed by atoms with E-state index in [0.29, 0.717) is 28.6 Å². The van der Waals surface area contributed by atoms with Crippen LogP contribution in [0.5, 0.6) is 5.75 Å². The fraction of sp³-hybridized carbons (Fsp3) is 0.364. The number of carbonyl (C=O) groups excluding carboxylic acids is 1. The van der Waals surface area contributed by atoms with Crippen molar-refractivity contribution in [2.75, 3.05) is 6.54 Å². The van der Waals surface area contributed by atoms with Crippen LogP contribution in [0.3, 0.4) is 0 Å². The third kappa shape index (κ3) is 6.11. The van der Waals surface area contributed by atoms with Gasteiger partial charge in [0.25, 0.3) is 5.91 Å². The van der Waals surface area contributed by atoms with Crippen LogP contribution < -0.4 is 10.1 Å². The molecule has 0 spiro atoms. The van der Waals surface area contributed by atoms with Crippen molar-refractivity contribution in [3.63, 3.8) is 0 Å². The molecule has 0 bridgehead atoms. The number of halogens is 5. The molecule has 1 N–H and O–H groups in total. The molecule has 0 saturated heterocycles. The molecule has 1 saturated carbocycles. The Morgan fingerprint density at radius 2 is 2.06 bits per heavy atom. The number of hydrogen-bond acceptors (Lipinski definition) is 4. The van der Waals surface area contributed by atoms with Crippen molar-refractivity contribution in [1.82, 2.24) is 15.1 Å². The van der Waals surface area contributed by atoms with Gasteiger partial charge in [-0.1, -0.05) is 27.5 Å². The summed E-state index contributed by atoms with van der Waals surface area (Å²) in [5, 5.41) is 6.86. The highest BCUT2D eigenvalue weighted by Gasteiger charge is 2.37. The first kappa shape index (κ1) is 23.7. The largest absolute Gasteiger partial charge is 0.484 e. The quantitative estimate of drug-likeness (QED) is 0.325. The lowest BCUT2D eigenvalue weighted by molar-refractivity contribution is -0.141. The molecule has 2 aromatic heterocycles. The zero-order valence-electron chi connectivity index (χ0n) is 17.3. The summed E-state index contributed by atoms with van der Waals surface area (Å²) in [7, 11) is 0. The van der Waals surface area contributed by atoms with Crippen molar-refractivity contribution in [2.45, 2.75) is 44.5 Å². The predicted molar refractivity (Wildman–Crippen MR) is 118 cm³/mol. The summed E-state index contributed by atoms with van der Waals surface area (Å²) in [6, 6.07) is 9.51. The molecular formula is C22H20BrClF3N3O3. The number of aromatic nitrogens is 2. The first-order valence-electron chi connectivity index (χ1n) is 10.3. The summed E-state index contributed by atoms with van der Waals surface area (Å²) in [6.45, 7) is 0.651. The van der Waals surface area contributed by atoms with Gasteiger partial charge in [0.2, 0.25) is 0 Å². The standard InChI is InChI=1S/C22H20BrClF3N3O3/c23-14-4-6-18(16(24)10-14)32-12-15-5-7-19(33-15)21(31)28-8-1-9-30-17(13-2-3-13)11-20(29-30)22(25,26)27/h4-7,10-11,13H,1-3,8-9,12H2,(H,28,31). The summed E-state index contributed by atoms with van der Waals surface area (Å²) in [5.74, 6) is 0.776. The first-order chi connectivity index (χ1) is 15.7. The Balaban J connectivity index is 1.25. The maximum atomic E-state index is 13.0. The highest BCUT2D eigenvalue weighted by atomic mass is 79.9. The molecule has 0 unspecified atom stereocenters. The molecule has 6 nitrogen and oxygen atoms in total. The number of alkyl halides is 3. The third-order valence-corrected chi connectivity index (χ3v) is 5.87. The molecular weight excluding hydrogens is 527 g/mol. The van der Waals surface area contributed by atoms with Crippen LogP contribution in [0.25, 0.3) is 0 Å². The van der Waals surface area contributed by atoms with E-state index in [1.807, 2.05) is 0 Å². The van der Waals surface area contributed by atoms with Crippen LogP contribution in [0.1, 0.15) is 52.9 Å². The van der Waals surface area contributed by atoms with Gasteiger partial charge in [-0.05, 0) is 55.7 Å². The van der Waals surface area contributed by atoms with Crippen molar-refractivity contribution < 1.29 is 27.1 Å². The maximum absolute atomic E-state index is 13.0. The minimum absolute atomic E-state index is 0.0966. The predicted octanol–water partition coefficient (Wildman–Crippen LogP) is 6.19. The number of carbonyl (C=O) groups is 1. The molecule has 3 aromatic rings. The third-order valence-electron chi connectivity index (χ3n) is 5.08. The topological polar surface area (TPSA) is 69.3 Å². The maximum Gasteiger partial charge on any atom is 0.435 e. The summed E-state index contributed by atoms with van der Waals surface area (Å²) >= 11 is 9.43. The minimum atomic E-state index is -4.47. The number of benzene rings is 1. The fourth-order valence-corrected chi connectivity index (χ4v) is 4.02. The normalized spacial score (nSPS) is 13.8. The number of amides is 1. The molecule has 4 rings (SSSR count). The number of hydrogen-bond donors (Lipinski definition) is 1. The van der Waals surface area contributed by atoms with Gasteiger partial charge < -0.3 is 14.5 Å². The summed E-state index contributed by atoms with van der Waals surface area (Å²) in [4.78, 5) is 12.3. The van der Waals surface area contributed by atoms with Gasteiger partial charge in [-0.15, -0.1) is 0 Å². The van der Waals surface area contributed by atoms with Crippen molar-refractivity contribution in [2.24, 2.45) is 0 Å². The molecule has 176 valence electrons. The lowest BCUT2D eigenvalue weighted by Gasteiger charge is -2.08. The van der Waals surface area contributed by atoms with E-state index in [4.69, 9.17) is 20.8 Å². The molecule has 0 radical (unpaired) electrons. The molecule has 33 heavy (non-hydrogen) atoms. The first-order valence-corrected chi connectivity index (χ1v) is 11.5. The lowest BCUT2D eigenvalue weighted by Crippen LogP contribution is -2.25. The van der Waals surface area contributed by atoms with E-state index in [2.05, 4.69) is 26.3 Å². The number of nitrogens with one attached hydrogen (secondary N) is 1. The minimum Gasteiger partial charge on any atom is -0.484 e. The summed E-state index contributed by atoms with van der Waals surface area (Å²) in [6.07, 6.45) is -2.29. The van der Waals surface area contributed by atoms with Gasteiger partial charge in [0.15, 0.2) is 11.5 Å². The zero-order chi connectivity index (χ0) is 23.6. The second kappa shape index (κ2) is 9.80. The lowest BCUT2D eigenvalue weighted by atomic mass is 10.2. The zero-order valence-corrected chi connectivity index (χ0v) is 19.6. The van der Waals surface area contributed by atoms with E-state index >= 15 is 0 Å². The van der Waals surface area contributed by atoms with Crippen LogP contribution in [-0.4, -0.2) is 22.2 Å². The number of furan rings is 1. The van der Waals surface area contributed by atoms with E-state index in [1.165, 1.54) is 10.7 Å². The summed E-state index contributed by atoms with van der Waals surface area (Å²) in [5.41, 5.74) is -0.265.